The van der Waals surface area contributed by atoms with Gasteiger partial charge in [0.25, 0.3) is 0 Å². The molecule has 111 heavy (non-hydrogen) atoms. The van der Waals surface area contributed by atoms with E-state index in [1.165, 1.54) is 42.3 Å². The van der Waals surface area contributed by atoms with E-state index in [9.17, 15) is 33.2 Å². The summed E-state index contributed by atoms with van der Waals surface area (Å²) in [5.74, 6) is -3.25. The van der Waals surface area contributed by atoms with Crippen molar-refractivity contribution in [3.8, 4) is 0 Å². The average molecular weight is 1480 g/mol. The minimum atomic E-state index is -0.533. The monoisotopic (exact) mass is 1480 g/mol. The Balaban J connectivity index is 0.000000169. The van der Waals surface area contributed by atoms with E-state index in [1.54, 1.807) is 137 Å². The fourth-order valence-corrected chi connectivity index (χ4v) is 9.51. The molecule has 2 aromatic heterocycles. The van der Waals surface area contributed by atoms with Crippen LogP contribution < -0.4 is 0 Å². The van der Waals surface area contributed by atoms with Gasteiger partial charge < -0.3 is 29.0 Å². The van der Waals surface area contributed by atoms with Gasteiger partial charge in [0.05, 0.1) is 63.4 Å². The summed E-state index contributed by atoms with van der Waals surface area (Å²) in [5.41, 5.74) is 12.0. The molecule has 21 heteroatoms. The molecule has 0 spiro atoms. The zero-order valence-corrected chi connectivity index (χ0v) is 61.3. The summed E-state index contributed by atoms with van der Waals surface area (Å²) in [6.07, 6.45) is 9.55. The third-order valence-electron chi connectivity index (χ3n) is 15.4. The largest absolute Gasteiger partial charge is 0.366 e. The number of pyridine rings is 2. The Bertz CT molecular complexity index is 5150. The molecule has 1 aliphatic carbocycles. The lowest BCUT2D eigenvalue weighted by Crippen LogP contribution is -2.09. The second kappa shape index (κ2) is 44.9. The van der Waals surface area contributed by atoms with E-state index in [0.29, 0.717) is 56.2 Å². The van der Waals surface area contributed by atoms with Crippen LogP contribution >= 0.6 is 0 Å². The summed E-state index contributed by atoms with van der Waals surface area (Å²) in [6, 6.07) is 90.9. The van der Waals surface area contributed by atoms with Crippen molar-refractivity contribution >= 4 is 81.9 Å². The van der Waals surface area contributed by atoms with Crippen LogP contribution in [0, 0.1) is 11.7 Å². The first-order valence-electron chi connectivity index (χ1n) is 34.7. The Morgan fingerprint density at radius 1 is 0.423 bits per heavy atom. The van der Waals surface area contributed by atoms with Gasteiger partial charge in [0.15, 0.2) is 0 Å². The minimum Gasteiger partial charge on any atom is -0.318 e. The molecule has 0 unspecified atom stereocenters. The van der Waals surface area contributed by atoms with E-state index in [2.05, 4.69) is 63.2 Å². The molecule has 0 fully saturated rings. The van der Waals surface area contributed by atoms with Crippen LogP contribution in [-0.2, 0) is 45.0 Å². The Labute approximate surface area is 641 Å². The number of hydrogen-bond acceptors (Lipinski definition) is 20. The molecule has 0 N–H and O–H groups in total. The van der Waals surface area contributed by atoms with Gasteiger partial charge in [-0.15, -0.1) is 0 Å². The molecule has 0 saturated heterocycles. The summed E-state index contributed by atoms with van der Waals surface area (Å²) in [5, 5.41) is 24.7. The van der Waals surface area contributed by atoms with E-state index >= 15 is 0 Å². The average Bonchev–Trinajstić information content (AvgIpc) is 1.19. The zero-order valence-electron chi connectivity index (χ0n) is 61.3. The molecule has 13 rings (SSSR count). The van der Waals surface area contributed by atoms with Gasteiger partial charge >= 0.3 is 35.8 Å². The molecule has 0 bridgehead atoms. The maximum Gasteiger partial charge on any atom is 0.366 e. The molecule has 1 aliphatic rings. The molecule has 20 nitrogen and oxygen atoms in total. The molecule has 12 aromatic rings. The second-order valence-electron chi connectivity index (χ2n) is 24.0. The molecule has 0 aliphatic heterocycles. The second-order valence-corrected chi connectivity index (χ2v) is 24.0. The molecule has 2 heterocycles. The number of oxime groups is 6. The number of halogens is 1. The number of benzene rings is 10. The lowest BCUT2D eigenvalue weighted by Gasteiger charge is -2.05. The van der Waals surface area contributed by atoms with Crippen molar-refractivity contribution in [1.82, 2.24) is 9.97 Å². The third-order valence-corrected chi connectivity index (χ3v) is 15.4. The van der Waals surface area contributed by atoms with Gasteiger partial charge in [-0.25, -0.2) is 33.2 Å². The van der Waals surface area contributed by atoms with Gasteiger partial charge in [0.2, 0.25) is 0 Å². The van der Waals surface area contributed by atoms with Gasteiger partial charge in [-0.3, -0.25) is 9.97 Å². The highest BCUT2D eigenvalue weighted by Crippen LogP contribution is 2.23. The van der Waals surface area contributed by atoms with E-state index in [-0.39, 0.29) is 17.7 Å². The highest BCUT2D eigenvalue weighted by molar-refractivity contribution is 6.12. The highest BCUT2D eigenvalue weighted by atomic mass is 19.1. The molecular weight excluding hydrogens is 1400 g/mol. The van der Waals surface area contributed by atoms with Crippen LogP contribution in [0.2, 0.25) is 0 Å². The molecule has 0 amide bonds. The predicted octanol–water partition coefficient (Wildman–Crippen LogP) is 18.5. The maximum atomic E-state index is 12.6. The topological polar surface area (TPSA) is 258 Å². The molecule has 556 valence electrons. The van der Waals surface area contributed by atoms with Crippen molar-refractivity contribution in [2.75, 3.05) is 0 Å². The lowest BCUT2D eigenvalue weighted by molar-refractivity contribution is -0.147. The predicted molar refractivity (Wildman–Crippen MR) is 428 cm³/mol. The minimum absolute atomic E-state index is 0.166. The van der Waals surface area contributed by atoms with Gasteiger partial charge in [0.1, 0.15) is 11.5 Å². The Morgan fingerprint density at radius 2 is 0.901 bits per heavy atom. The van der Waals surface area contributed by atoms with E-state index in [1.807, 2.05) is 189 Å². The summed E-state index contributed by atoms with van der Waals surface area (Å²) < 4.78 is 12.6. The summed E-state index contributed by atoms with van der Waals surface area (Å²) in [7, 11) is 0. The van der Waals surface area contributed by atoms with Crippen molar-refractivity contribution < 1.29 is 62.2 Å². The van der Waals surface area contributed by atoms with Gasteiger partial charge in [-0.2, -0.15) is 0 Å². The molecule has 0 saturated carbocycles. The molecule has 10 aromatic carbocycles. The fourth-order valence-electron chi connectivity index (χ4n) is 9.51. The quantitative estimate of drug-likeness (QED) is 0.0335. The number of fused-ring (bicyclic) bond motifs is 2. The fraction of sp³-hybridized carbons (Fsp3) is 0.0889. The normalized spacial score (nSPS) is 11.7. The number of rotatable bonds is 18. The number of carbonyl (C=O) groups is 6. The lowest BCUT2D eigenvalue weighted by atomic mass is 10.1. The third kappa shape index (κ3) is 27.9. The van der Waals surface area contributed by atoms with Crippen LogP contribution in [0.1, 0.15) is 127 Å². The summed E-state index contributed by atoms with van der Waals surface area (Å²) >= 11 is 0. The first-order chi connectivity index (χ1) is 54.0. The van der Waals surface area contributed by atoms with E-state index < -0.39 is 29.8 Å². The number of nitrogens with zero attached hydrogens (tertiary/aromatic N) is 8. The molecule has 0 atom stereocenters. The number of hydrogen-bond donors (Lipinski definition) is 0. The van der Waals surface area contributed by atoms with Crippen molar-refractivity contribution in [2.45, 2.75) is 47.5 Å². The number of aryl methyl sites for hydroxylation is 1. The number of carbonyl (C=O) groups excluding carboxylic acids is 6. The summed E-state index contributed by atoms with van der Waals surface area (Å²) in [6.45, 7) is 12.1. The van der Waals surface area contributed by atoms with Crippen molar-refractivity contribution in [2.24, 2.45) is 36.9 Å². The van der Waals surface area contributed by atoms with Gasteiger partial charge in [0, 0.05) is 40.9 Å². The highest BCUT2D eigenvalue weighted by Gasteiger charge is 2.19. The Kier molecular flexibility index (Phi) is 33.2. The van der Waals surface area contributed by atoms with E-state index in [4.69, 9.17) is 19.4 Å². The van der Waals surface area contributed by atoms with Gasteiger partial charge in [-0.1, -0.05) is 282 Å². The van der Waals surface area contributed by atoms with Crippen LogP contribution in [0.15, 0.2) is 365 Å². The van der Waals surface area contributed by atoms with Crippen LogP contribution in [-0.4, -0.2) is 81.1 Å². The first kappa shape index (κ1) is 81.9. The zero-order chi connectivity index (χ0) is 78.8. The molecule has 0 radical (unpaired) electrons. The van der Waals surface area contributed by atoms with Gasteiger partial charge in [-0.05, 0) is 139 Å². The van der Waals surface area contributed by atoms with Crippen LogP contribution in [0.25, 0.3) is 10.8 Å². The SMILES string of the molecule is C/C(=N\OC(=O)c1cccc2ccccc12)c1ccccc1.C=C(C)C(=O)O/N=C(\C)c1ccccc1.CC(C)C(=O)O/N=C/c1cccnc1.O=C(O/N=C(\c1ccccc1)c1ccccn1)c1ccccc1.O=C(O/N=C/c1ccc(F)cc1)c1ccccc1.O=C(O/N=C1\CCc2ccccc21)c1ccccc1. The molecular formula is C90H77FN8O12. The standard InChI is InChI=1S/C19H14N2O2.C19H15NO2.C16H13NO2.C14H10FNO2.C12H13NO2.C10H12N2O2/c22-19(16-11-5-2-6-12-16)23-21-18(15-9-3-1-4-10-15)17-13-7-8-14-20-17;1-14(15-8-3-2-4-9-15)20-22-19(21)18-13-7-11-16-10-5-6-12-17(16)18;18-16(13-7-2-1-3-8-13)19-17-15-11-10-12-6-4-5-9-14(12)15;15-13-8-6-11(7-9-13)10-16-18-14(17)12-4-2-1-3-5-12;1-9(2)12(14)15-13-10(3)11-7-5-4-6-8-11;1-8(2)10(13)14-12-7-9-4-3-5-11-6-9/h1-14H;2-13H,1H3;1-9H,10-11H2;1-10H;4-8H,1H2,2-3H3;3-8H,1-2H3/b21-18+;20-14+;17-15+;16-10+;13-10+;12-7+. The van der Waals surface area contributed by atoms with Crippen molar-refractivity contribution in [1.29, 1.82) is 0 Å². The van der Waals surface area contributed by atoms with Crippen LogP contribution in [0.5, 0.6) is 0 Å². The maximum absolute atomic E-state index is 12.6. The number of aromatic nitrogens is 2. The first-order valence-corrected chi connectivity index (χ1v) is 34.7. The van der Waals surface area contributed by atoms with Crippen molar-refractivity contribution in [3.05, 3.63) is 407 Å². The van der Waals surface area contributed by atoms with E-state index in [0.717, 1.165) is 57.1 Å². The summed E-state index contributed by atoms with van der Waals surface area (Å²) in [4.78, 5) is 107. The van der Waals surface area contributed by atoms with Crippen LogP contribution in [0.4, 0.5) is 4.39 Å². The Hall–Kier alpha value is -14.7. The van der Waals surface area contributed by atoms with Crippen LogP contribution in [0.3, 0.4) is 0 Å². The Morgan fingerprint density at radius 3 is 1.45 bits per heavy atom. The van der Waals surface area contributed by atoms with Crippen molar-refractivity contribution in [3.63, 3.8) is 0 Å². The smallest absolute Gasteiger partial charge is 0.318 e.